The molecule has 0 aromatic carbocycles. The maximum absolute atomic E-state index is 12.9. The minimum absolute atomic E-state index is 0.272. The predicted octanol–water partition coefficient (Wildman–Crippen LogP) is 2.89. The van der Waals surface area contributed by atoms with Crippen LogP contribution in [0.15, 0.2) is 24.4 Å². The highest BCUT2D eigenvalue weighted by Crippen LogP contribution is 2.33. The van der Waals surface area contributed by atoms with Crippen LogP contribution in [0.25, 0.3) is 9.53 Å². The van der Waals surface area contributed by atoms with E-state index in [2.05, 4.69) is 25.5 Å². The molecule has 2 N–H and O–H groups in total. The number of nitrogens with one attached hydrogen (secondary N) is 2. The van der Waals surface area contributed by atoms with Crippen molar-refractivity contribution in [1.82, 2.24) is 14.9 Å². The van der Waals surface area contributed by atoms with E-state index in [0.717, 1.165) is 60.3 Å². The Bertz CT molecular complexity index is 890. The van der Waals surface area contributed by atoms with E-state index in [4.69, 9.17) is 4.74 Å². The highest BCUT2D eigenvalue weighted by atomic mass is 32.1. The fourth-order valence-corrected chi connectivity index (χ4v) is 4.73. The molecule has 0 radical (unpaired) electrons. The Morgan fingerprint density at radius 1 is 1.30 bits per heavy atom. The molecule has 0 saturated carbocycles. The van der Waals surface area contributed by atoms with Crippen LogP contribution in [0.4, 0.5) is 15.3 Å². The summed E-state index contributed by atoms with van der Waals surface area (Å²) in [7, 11) is 0. The first kappa shape index (κ1) is 18.2. The van der Waals surface area contributed by atoms with E-state index in [1.165, 1.54) is 34.8 Å². The second kappa shape index (κ2) is 8.26. The molecule has 1 amide bonds. The molecule has 27 heavy (non-hydrogen) atoms. The number of thiazole rings is 1. The van der Waals surface area contributed by atoms with Gasteiger partial charge >= 0.3 is 0 Å². The van der Waals surface area contributed by atoms with Gasteiger partial charge in [-0.15, -0.1) is 11.3 Å². The zero-order valence-electron chi connectivity index (χ0n) is 14.4. The van der Waals surface area contributed by atoms with Gasteiger partial charge in [0.25, 0.3) is 5.91 Å². The fourth-order valence-electron chi connectivity index (χ4n) is 2.70. The first-order valence-electron chi connectivity index (χ1n) is 8.54. The number of halogens is 1. The lowest BCUT2D eigenvalue weighted by molar-refractivity contribution is 0.0398. The molecule has 10 heteroatoms. The number of morpholine rings is 1. The average Bonchev–Trinajstić information content (AvgIpc) is 3.23. The molecular weight excluding hydrogens is 389 g/mol. The quantitative estimate of drug-likeness (QED) is 0.654. The number of aromatic nitrogens is 2. The minimum atomic E-state index is -0.442. The van der Waals surface area contributed by atoms with Crippen molar-refractivity contribution >= 4 is 49.1 Å². The van der Waals surface area contributed by atoms with Gasteiger partial charge in [0.05, 0.1) is 29.0 Å². The van der Waals surface area contributed by atoms with Crippen LogP contribution >= 0.6 is 22.7 Å². The third-order valence-corrected chi connectivity index (χ3v) is 6.21. The number of carbonyl (C=O) groups is 1. The number of pyridine rings is 1. The summed E-state index contributed by atoms with van der Waals surface area (Å²) in [4.78, 5) is 24.4. The summed E-state index contributed by atoms with van der Waals surface area (Å²) >= 11 is 2.86. The van der Waals surface area contributed by atoms with Gasteiger partial charge in [0, 0.05) is 26.2 Å². The summed E-state index contributed by atoms with van der Waals surface area (Å²) in [5, 5.41) is 6.87. The summed E-state index contributed by atoms with van der Waals surface area (Å²) in [6.07, 6.45) is 1.07. The number of carbonyl (C=O) groups excluding carboxylic acids is 1. The molecule has 1 aliphatic rings. The second-order valence-electron chi connectivity index (χ2n) is 6.00. The van der Waals surface area contributed by atoms with E-state index >= 15 is 0 Å². The van der Waals surface area contributed by atoms with Crippen molar-refractivity contribution in [3.05, 3.63) is 35.1 Å². The molecule has 0 bridgehead atoms. The van der Waals surface area contributed by atoms with Crippen LogP contribution in [-0.4, -0.2) is 60.2 Å². The SMILES string of the molecule is O=C(Nc1ccc(F)cn1)c1cc2sc(NCCN3CCOCC3)nc2s1. The number of hydrogen-bond donors (Lipinski definition) is 2. The van der Waals surface area contributed by atoms with Crippen LogP contribution in [0.5, 0.6) is 0 Å². The van der Waals surface area contributed by atoms with Crippen molar-refractivity contribution in [2.24, 2.45) is 0 Å². The predicted molar refractivity (Wildman–Crippen MR) is 105 cm³/mol. The molecule has 0 atom stereocenters. The molecule has 3 aromatic rings. The molecule has 0 unspecified atom stereocenters. The van der Waals surface area contributed by atoms with Crippen LogP contribution in [0, 0.1) is 5.82 Å². The Morgan fingerprint density at radius 2 is 2.15 bits per heavy atom. The highest BCUT2D eigenvalue weighted by Gasteiger charge is 2.15. The normalized spacial score (nSPS) is 15.1. The third kappa shape index (κ3) is 4.59. The minimum Gasteiger partial charge on any atom is -0.379 e. The van der Waals surface area contributed by atoms with Crippen molar-refractivity contribution in [2.75, 3.05) is 50.0 Å². The van der Waals surface area contributed by atoms with Crippen LogP contribution in [0.3, 0.4) is 0 Å². The Labute approximate surface area is 163 Å². The van der Waals surface area contributed by atoms with Gasteiger partial charge in [-0.2, -0.15) is 0 Å². The van der Waals surface area contributed by atoms with Gasteiger partial charge < -0.3 is 15.4 Å². The zero-order chi connectivity index (χ0) is 18.6. The van der Waals surface area contributed by atoms with Crippen molar-refractivity contribution in [3.63, 3.8) is 0 Å². The van der Waals surface area contributed by atoms with E-state index in [-0.39, 0.29) is 5.91 Å². The maximum Gasteiger partial charge on any atom is 0.267 e. The van der Waals surface area contributed by atoms with Gasteiger partial charge in [-0.25, -0.2) is 14.4 Å². The van der Waals surface area contributed by atoms with Gasteiger partial charge in [0.2, 0.25) is 0 Å². The lowest BCUT2D eigenvalue weighted by Gasteiger charge is -2.26. The van der Waals surface area contributed by atoms with Crippen molar-refractivity contribution < 1.29 is 13.9 Å². The van der Waals surface area contributed by atoms with Crippen molar-refractivity contribution in [2.45, 2.75) is 0 Å². The molecule has 1 fully saturated rings. The van der Waals surface area contributed by atoms with Crippen LogP contribution in [-0.2, 0) is 4.74 Å². The number of rotatable bonds is 6. The number of nitrogens with zero attached hydrogens (tertiary/aromatic N) is 3. The highest BCUT2D eigenvalue weighted by molar-refractivity contribution is 7.29. The van der Waals surface area contributed by atoms with Crippen LogP contribution in [0.2, 0.25) is 0 Å². The molecule has 1 saturated heterocycles. The first-order valence-corrected chi connectivity index (χ1v) is 10.2. The molecule has 7 nitrogen and oxygen atoms in total. The largest absolute Gasteiger partial charge is 0.379 e. The Balaban J connectivity index is 1.33. The zero-order valence-corrected chi connectivity index (χ0v) is 16.0. The molecule has 1 aliphatic heterocycles. The van der Waals surface area contributed by atoms with E-state index in [1.807, 2.05) is 6.07 Å². The van der Waals surface area contributed by atoms with E-state index < -0.39 is 5.82 Å². The third-order valence-electron chi connectivity index (χ3n) is 4.09. The van der Waals surface area contributed by atoms with Gasteiger partial charge in [0.15, 0.2) is 5.13 Å². The van der Waals surface area contributed by atoms with Gasteiger partial charge in [-0.3, -0.25) is 9.69 Å². The molecule has 0 spiro atoms. The molecule has 4 rings (SSSR count). The summed E-state index contributed by atoms with van der Waals surface area (Å²) in [6.45, 7) is 5.31. The molecular formula is C17H18FN5O2S2. The Hall–Kier alpha value is -2.14. The van der Waals surface area contributed by atoms with Gasteiger partial charge in [0.1, 0.15) is 16.5 Å². The average molecular weight is 407 g/mol. The lowest BCUT2D eigenvalue weighted by Crippen LogP contribution is -2.38. The molecule has 0 aliphatic carbocycles. The second-order valence-corrected chi connectivity index (χ2v) is 8.06. The monoisotopic (exact) mass is 407 g/mol. The smallest absolute Gasteiger partial charge is 0.267 e. The first-order chi connectivity index (χ1) is 13.2. The van der Waals surface area contributed by atoms with Crippen molar-refractivity contribution in [1.29, 1.82) is 0 Å². The van der Waals surface area contributed by atoms with Crippen LogP contribution in [0.1, 0.15) is 9.67 Å². The molecule has 142 valence electrons. The number of hydrogen-bond acceptors (Lipinski definition) is 8. The summed E-state index contributed by atoms with van der Waals surface area (Å²) in [5.41, 5.74) is 0. The van der Waals surface area contributed by atoms with Gasteiger partial charge in [-0.1, -0.05) is 11.3 Å². The molecule has 3 aromatic heterocycles. The van der Waals surface area contributed by atoms with E-state index in [9.17, 15) is 9.18 Å². The maximum atomic E-state index is 12.9. The Morgan fingerprint density at radius 3 is 2.89 bits per heavy atom. The Kier molecular flexibility index (Phi) is 5.58. The van der Waals surface area contributed by atoms with Crippen molar-refractivity contribution in [3.8, 4) is 0 Å². The number of anilines is 2. The van der Waals surface area contributed by atoms with Crippen LogP contribution < -0.4 is 10.6 Å². The number of ether oxygens (including phenoxy) is 1. The summed E-state index contributed by atoms with van der Waals surface area (Å²) in [6, 6.07) is 4.51. The fraction of sp³-hybridized carbons (Fsp3) is 0.353. The number of amides is 1. The number of fused-ring (bicyclic) bond motifs is 1. The number of thiophene rings is 1. The van der Waals surface area contributed by atoms with E-state index in [1.54, 1.807) is 0 Å². The summed E-state index contributed by atoms with van der Waals surface area (Å²) < 4.78 is 19.2. The molecule has 4 heterocycles. The topological polar surface area (TPSA) is 79.4 Å². The van der Waals surface area contributed by atoms with E-state index in [0.29, 0.717) is 10.7 Å². The summed E-state index contributed by atoms with van der Waals surface area (Å²) in [5.74, 6) is -0.398. The lowest BCUT2D eigenvalue weighted by atomic mass is 10.4. The standard InChI is InChI=1S/C17H18FN5O2S2/c18-11-1-2-14(20-10-11)21-15(24)12-9-13-16(26-12)22-17(27-13)19-3-4-23-5-7-25-8-6-23/h1-2,9-10H,3-8H2,(H,19,22)(H,20,21,24). The van der Waals surface area contributed by atoms with Gasteiger partial charge in [-0.05, 0) is 18.2 Å².